The highest BCUT2D eigenvalue weighted by Gasteiger charge is 2.49. The van der Waals surface area contributed by atoms with Crippen LogP contribution in [0.5, 0.6) is 5.75 Å². The van der Waals surface area contributed by atoms with E-state index >= 15 is 0 Å². The summed E-state index contributed by atoms with van der Waals surface area (Å²) in [4.78, 5) is 11.6. The highest BCUT2D eigenvalue weighted by molar-refractivity contribution is 5.91. The van der Waals surface area contributed by atoms with E-state index in [1.54, 1.807) is 0 Å². The monoisotopic (exact) mass is 266 g/mol. The Balaban J connectivity index is 1.90. The first kappa shape index (κ1) is 12.9. The molecule has 0 spiro atoms. The molecule has 0 bridgehead atoms. The summed E-state index contributed by atoms with van der Waals surface area (Å²) in [6, 6.07) is 18.2. The lowest BCUT2D eigenvalue weighted by Gasteiger charge is -2.42. The summed E-state index contributed by atoms with van der Waals surface area (Å²) in [5, 5.41) is 0. The fourth-order valence-electron chi connectivity index (χ4n) is 2.50. The van der Waals surface area contributed by atoms with Crippen LogP contribution >= 0.6 is 0 Å². The molecule has 0 heterocycles. The number of ketones is 1. The minimum absolute atomic E-state index is 0.0279. The quantitative estimate of drug-likeness (QED) is 0.836. The zero-order chi connectivity index (χ0) is 14.2. The van der Waals surface area contributed by atoms with E-state index in [4.69, 9.17) is 4.74 Å². The largest absolute Gasteiger partial charge is 0.488 e. The molecule has 1 fully saturated rings. The van der Waals surface area contributed by atoms with Gasteiger partial charge in [-0.3, -0.25) is 4.79 Å². The molecule has 2 aromatic carbocycles. The number of para-hydroxylation sites is 1. The van der Waals surface area contributed by atoms with E-state index in [-0.39, 0.29) is 17.3 Å². The van der Waals surface area contributed by atoms with Crippen LogP contribution < -0.4 is 4.74 Å². The topological polar surface area (TPSA) is 26.3 Å². The van der Waals surface area contributed by atoms with Crippen molar-refractivity contribution >= 4 is 5.78 Å². The zero-order valence-electron chi connectivity index (χ0n) is 11.8. The summed E-state index contributed by atoms with van der Waals surface area (Å²) < 4.78 is 6.10. The Morgan fingerprint density at radius 3 is 2.30 bits per heavy atom. The van der Waals surface area contributed by atoms with Crippen molar-refractivity contribution in [3.63, 3.8) is 0 Å². The van der Waals surface area contributed by atoms with Crippen LogP contribution in [-0.4, -0.2) is 11.9 Å². The van der Waals surface area contributed by atoms with Gasteiger partial charge >= 0.3 is 0 Å². The Morgan fingerprint density at radius 2 is 1.65 bits per heavy atom. The third-order valence-electron chi connectivity index (χ3n) is 4.14. The Labute approximate surface area is 119 Å². The minimum Gasteiger partial charge on any atom is -0.488 e. The molecular weight excluding hydrogens is 248 g/mol. The van der Waals surface area contributed by atoms with E-state index in [2.05, 4.69) is 18.2 Å². The van der Waals surface area contributed by atoms with E-state index < -0.39 is 0 Å². The summed E-state index contributed by atoms with van der Waals surface area (Å²) in [7, 11) is 0. The van der Waals surface area contributed by atoms with Gasteiger partial charge in [0.05, 0.1) is 5.41 Å². The van der Waals surface area contributed by atoms with Gasteiger partial charge < -0.3 is 4.74 Å². The van der Waals surface area contributed by atoms with Crippen molar-refractivity contribution in [3.8, 4) is 16.9 Å². The van der Waals surface area contributed by atoms with Crippen LogP contribution in [0, 0.1) is 5.41 Å². The van der Waals surface area contributed by atoms with Gasteiger partial charge in [0.15, 0.2) is 0 Å². The Bertz CT molecular complexity index is 629. The minimum atomic E-state index is -0.371. The van der Waals surface area contributed by atoms with Gasteiger partial charge in [0.2, 0.25) is 0 Å². The number of carbonyl (C=O) groups excluding carboxylic acids is 1. The number of carbonyl (C=O) groups is 1. The van der Waals surface area contributed by atoms with Gasteiger partial charge in [0.25, 0.3) is 0 Å². The number of benzene rings is 2. The molecular formula is C18H18O2. The molecule has 1 atom stereocenters. The molecule has 102 valence electrons. The first-order chi connectivity index (χ1) is 9.59. The summed E-state index contributed by atoms with van der Waals surface area (Å²) in [5.74, 6) is 1.13. The van der Waals surface area contributed by atoms with Crippen LogP contribution in [0.2, 0.25) is 0 Å². The molecule has 2 nitrogen and oxygen atoms in total. The maximum Gasteiger partial charge on any atom is 0.145 e. The highest BCUT2D eigenvalue weighted by atomic mass is 16.5. The molecule has 0 N–H and O–H groups in total. The van der Waals surface area contributed by atoms with Crippen molar-refractivity contribution in [1.82, 2.24) is 0 Å². The standard InChI is InChI=1S/C18H18O2/c1-18(2)16(19)12-17(18)20-15-11-7-6-10-14(15)13-8-4-3-5-9-13/h3-11,17H,12H2,1-2H3. The van der Waals surface area contributed by atoms with Gasteiger partial charge in [-0.2, -0.15) is 0 Å². The smallest absolute Gasteiger partial charge is 0.145 e. The van der Waals surface area contributed by atoms with Crippen LogP contribution in [0.4, 0.5) is 0 Å². The molecule has 3 rings (SSSR count). The zero-order valence-corrected chi connectivity index (χ0v) is 11.8. The molecule has 0 aliphatic heterocycles. The molecule has 0 aromatic heterocycles. The fourth-order valence-corrected chi connectivity index (χ4v) is 2.50. The fraction of sp³-hybridized carbons (Fsp3) is 0.278. The lowest BCUT2D eigenvalue weighted by molar-refractivity contribution is -0.147. The first-order valence-corrected chi connectivity index (χ1v) is 6.93. The number of rotatable bonds is 3. The molecule has 20 heavy (non-hydrogen) atoms. The van der Waals surface area contributed by atoms with Crippen LogP contribution in [0.25, 0.3) is 11.1 Å². The van der Waals surface area contributed by atoms with E-state index in [1.165, 1.54) is 0 Å². The lowest BCUT2D eigenvalue weighted by Crippen LogP contribution is -2.53. The lowest BCUT2D eigenvalue weighted by atomic mass is 9.68. The van der Waals surface area contributed by atoms with Gasteiger partial charge in [-0.1, -0.05) is 48.5 Å². The molecule has 1 aliphatic rings. The van der Waals surface area contributed by atoms with Crippen molar-refractivity contribution in [3.05, 3.63) is 54.6 Å². The van der Waals surface area contributed by atoms with Gasteiger partial charge in [0.1, 0.15) is 17.6 Å². The maximum atomic E-state index is 11.6. The third-order valence-corrected chi connectivity index (χ3v) is 4.14. The molecule has 2 heteroatoms. The average Bonchev–Trinajstić information content (AvgIpc) is 2.48. The predicted octanol–water partition coefficient (Wildman–Crippen LogP) is 4.10. The molecule has 2 aromatic rings. The number of hydrogen-bond donors (Lipinski definition) is 0. The second-order valence-electron chi connectivity index (χ2n) is 5.82. The normalized spacial score (nSPS) is 20.3. The second kappa shape index (κ2) is 4.78. The summed E-state index contributed by atoms with van der Waals surface area (Å²) in [6.07, 6.45) is 0.482. The number of Topliss-reactive ketones (excluding diaryl/α,β-unsaturated/α-hetero) is 1. The van der Waals surface area contributed by atoms with Gasteiger partial charge in [-0.25, -0.2) is 0 Å². The predicted molar refractivity (Wildman–Crippen MR) is 79.7 cm³/mol. The summed E-state index contributed by atoms with van der Waals surface area (Å²) >= 11 is 0. The average molecular weight is 266 g/mol. The summed E-state index contributed by atoms with van der Waals surface area (Å²) in [5.41, 5.74) is 1.83. The Hall–Kier alpha value is -2.09. The summed E-state index contributed by atoms with van der Waals surface area (Å²) in [6.45, 7) is 3.91. The van der Waals surface area contributed by atoms with E-state index in [0.29, 0.717) is 6.42 Å². The van der Waals surface area contributed by atoms with Gasteiger partial charge in [0, 0.05) is 12.0 Å². The molecule has 0 saturated heterocycles. The molecule has 1 saturated carbocycles. The molecule has 0 radical (unpaired) electrons. The molecule has 1 aliphatic carbocycles. The van der Waals surface area contributed by atoms with E-state index in [0.717, 1.165) is 16.9 Å². The molecule has 1 unspecified atom stereocenters. The van der Waals surface area contributed by atoms with Gasteiger partial charge in [-0.15, -0.1) is 0 Å². The first-order valence-electron chi connectivity index (χ1n) is 6.93. The second-order valence-corrected chi connectivity index (χ2v) is 5.82. The highest BCUT2D eigenvalue weighted by Crippen LogP contribution is 2.41. The van der Waals surface area contributed by atoms with Crippen molar-refractivity contribution < 1.29 is 9.53 Å². The van der Waals surface area contributed by atoms with Crippen molar-refractivity contribution in [2.24, 2.45) is 5.41 Å². The third kappa shape index (κ3) is 2.11. The van der Waals surface area contributed by atoms with Crippen molar-refractivity contribution in [2.75, 3.05) is 0 Å². The van der Waals surface area contributed by atoms with Crippen LogP contribution in [0.15, 0.2) is 54.6 Å². The molecule has 0 amide bonds. The van der Waals surface area contributed by atoms with E-state index in [1.807, 2.05) is 50.2 Å². The van der Waals surface area contributed by atoms with Crippen molar-refractivity contribution in [1.29, 1.82) is 0 Å². The van der Waals surface area contributed by atoms with Crippen molar-refractivity contribution in [2.45, 2.75) is 26.4 Å². The number of hydrogen-bond acceptors (Lipinski definition) is 2. The maximum absolute atomic E-state index is 11.6. The van der Waals surface area contributed by atoms with E-state index in [9.17, 15) is 4.79 Å². The Morgan fingerprint density at radius 1 is 1.00 bits per heavy atom. The number of ether oxygens (including phenoxy) is 1. The van der Waals surface area contributed by atoms with Crippen LogP contribution in [0.3, 0.4) is 0 Å². The SMILES string of the molecule is CC1(C)C(=O)CC1Oc1ccccc1-c1ccccc1. The van der Waals surface area contributed by atoms with Crippen LogP contribution in [0.1, 0.15) is 20.3 Å². The Kier molecular flexibility index (Phi) is 3.09. The van der Waals surface area contributed by atoms with Gasteiger partial charge in [-0.05, 0) is 25.5 Å². The van der Waals surface area contributed by atoms with Crippen LogP contribution in [-0.2, 0) is 4.79 Å².